The Morgan fingerprint density at radius 3 is 3.00 bits per heavy atom. The third-order valence-electron chi connectivity index (χ3n) is 2.68. The second kappa shape index (κ2) is 5.90. The molecule has 0 bridgehead atoms. The van der Waals surface area contributed by atoms with Gasteiger partial charge in [-0.2, -0.15) is 4.98 Å². The molecule has 1 aromatic heterocycles. The highest BCUT2D eigenvalue weighted by Crippen LogP contribution is 2.21. The zero-order valence-electron chi connectivity index (χ0n) is 10.8. The van der Waals surface area contributed by atoms with Crippen LogP contribution in [0.1, 0.15) is 11.5 Å². The minimum atomic E-state index is -0.702. The average molecular weight is 266 g/mol. The topological polar surface area (TPSA) is 68.4 Å². The number of halogens is 1. The van der Waals surface area contributed by atoms with Crippen LogP contribution >= 0.6 is 0 Å². The second-order valence-electron chi connectivity index (χ2n) is 4.28. The van der Waals surface area contributed by atoms with E-state index < -0.39 is 6.10 Å². The predicted molar refractivity (Wildman–Crippen MR) is 66.0 cm³/mol. The fraction of sp³-hybridized carbons (Fsp3) is 0.385. The van der Waals surface area contributed by atoms with Gasteiger partial charge in [0.1, 0.15) is 5.82 Å². The number of benzene rings is 1. The molecular weight excluding hydrogens is 251 g/mol. The number of hydrogen-bond donors (Lipinski definition) is 1. The van der Waals surface area contributed by atoms with Gasteiger partial charge in [0.05, 0.1) is 19.1 Å². The minimum Gasteiger partial charge on any atom is -0.390 e. The Morgan fingerprint density at radius 1 is 1.47 bits per heavy atom. The van der Waals surface area contributed by atoms with E-state index in [-0.39, 0.29) is 18.8 Å². The normalized spacial score (nSPS) is 12.6. The molecule has 19 heavy (non-hydrogen) atoms. The third-order valence-corrected chi connectivity index (χ3v) is 2.68. The first-order valence-corrected chi connectivity index (χ1v) is 5.86. The van der Waals surface area contributed by atoms with Crippen molar-refractivity contribution in [1.82, 2.24) is 10.1 Å². The number of aromatic nitrogens is 2. The van der Waals surface area contributed by atoms with Crippen molar-refractivity contribution in [3.05, 3.63) is 35.5 Å². The lowest BCUT2D eigenvalue weighted by molar-refractivity contribution is 0.0599. The molecule has 1 N–H and O–H groups in total. The molecule has 0 aliphatic rings. The molecule has 1 heterocycles. The molecule has 1 aromatic carbocycles. The van der Waals surface area contributed by atoms with Gasteiger partial charge in [-0.1, -0.05) is 11.2 Å². The molecule has 0 aliphatic carbocycles. The molecule has 0 saturated carbocycles. The maximum Gasteiger partial charge on any atom is 0.229 e. The summed E-state index contributed by atoms with van der Waals surface area (Å²) in [5.41, 5.74) is 1.43. The summed E-state index contributed by atoms with van der Waals surface area (Å²) in [6.07, 6.45) is -0.498. The number of aliphatic hydroxyl groups excluding tert-OH is 1. The highest BCUT2D eigenvalue weighted by molar-refractivity contribution is 5.59. The zero-order valence-corrected chi connectivity index (χ0v) is 10.8. The summed E-state index contributed by atoms with van der Waals surface area (Å²) in [4.78, 5) is 4.14. The monoisotopic (exact) mass is 266 g/mol. The van der Waals surface area contributed by atoms with Crippen molar-refractivity contribution in [2.24, 2.45) is 0 Å². The van der Waals surface area contributed by atoms with Crippen LogP contribution in [0.4, 0.5) is 4.39 Å². The molecular formula is C13H15FN2O3. The van der Waals surface area contributed by atoms with Gasteiger partial charge >= 0.3 is 0 Å². The van der Waals surface area contributed by atoms with E-state index in [0.29, 0.717) is 17.3 Å². The van der Waals surface area contributed by atoms with Crippen LogP contribution < -0.4 is 0 Å². The molecule has 0 radical (unpaired) electrons. The summed E-state index contributed by atoms with van der Waals surface area (Å²) in [6.45, 7) is 2.03. The fourth-order valence-corrected chi connectivity index (χ4v) is 1.74. The largest absolute Gasteiger partial charge is 0.390 e. The first-order valence-electron chi connectivity index (χ1n) is 5.86. The molecule has 0 spiro atoms. The lowest BCUT2D eigenvalue weighted by Crippen LogP contribution is -2.17. The van der Waals surface area contributed by atoms with Crippen molar-refractivity contribution in [2.45, 2.75) is 19.4 Å². The Balaban J connectivity index is 2.18. The summed E-state index contributed by atoms with van der Waals surface area (Å²) in [7, 11) is 1.50. The molecule has 0 fully saturated rings. The Hall–Kier alpha value is -1.79. The van der Waals surface area contributed by atoms with Gasteiger partial charge in [-0.3, -0.25) is 0 Å². The molecule has 2 aromatic rings. The SMILES string of the molecule is COCC(O)Cc1nc(-c2cc(F)ccc2C)no1. The number of hydrogen-bond acceptors (Lipinski definition) is 5. The molecule has 0 amide bonds. The zero-order chi connectivity index (χ0) is 13.8. The van der Waals surface area contributed by atoms with Gasteiger partial charge in [0.15, 0.2) is 0 Å². The van der Waals surface area contributed by atoms with Gasteiger partial charge in [-0.05, 0) is 24.6 Å². The molecule has 6 heteroatoms. The van der Waals surface area contributed by atoms with E-state index in [9.17, 15) is 9.50 Å². The van der Waals surface area contributed by atoms with Gasteiger partial charge in [-0.15, -0.1) is 0 Å². The summed E-state index contributed by atoms with van der Waals surface area (Å²) < 4.78 is 23.1. The van der Waals surface area contributed by atoms with Crippen molar-refractivity contribution >= 4 is 0 Å². The van der Waals surface area contributed by atoms with Crippen LogP contribution in [0.3, 0.4) is 0 Å². The fourth-order valence-electron chi connectivity index (χ4n) is 1.74. The number of methoxy groups -OCH3 is 1. The van der Waals surface area contributed by atoms with Gasteiger partial charge in [0, 0.05) is 12.7 Å². The van der Waals surface area contributed by atoms with Crippen LogP contribution in [0.15, 0.2) is 22.7 Å². The molecule has 5 nitrogen and oxygen atoms in total. The molecule has 102 valence electrons. The van der Waals surface area contributed by atoms with Crippen LogP contribution in [0.2, 0.25) is 0 Å². The van der Waals surface area contributed by atoms with Crippen LogP contribution in [0, 0.1) is 12.7 Å². The highest BCUT2D eigenvalue weighted by Gasteiger charge is 2.14. The predicted octanol–water partition coefficient (Wildman–Crippen LogP) is 1.73. The van der Waals surface area contributed by atoms with E-state index in [0.717, 1.165) is 5.56 Å². The van der Waals surface area contributed by atoms with Crippen molar-refractivity contribution < 1.29 is 18.8 Å². The Labute approximate surface area is 110 Å². The average Bonchev–Trinajstić information content (AvgIpc) is 2.81. The van der Waals surface area contributed by atoms with Crippen molar-refractivity contribution in [3.8, 4) is 11.4 Å². The van der Waals surface area contributed by atoms with E-state index in [1.165, 1.54) is 19.2 Å². The summed E-state index contributed by atoms with van der Waals surface area (Å²) in [5, 5.41) is 13.4. The second-order valence-corrected chi connectivity index (χ2v) is 4.28. The minimum absolute atomic E-state index is 0.191. The van der Waals surface area contributed by atoms with Gasteiger partial charge in [-0.25, -0.2) is 4.39 Å². The standard InChI is InChI=1S/C13H15FN2O3/c1-8-3-4-9(14)5-11(8)13-15-12(19-16-13)6-10(17)7-18-2/h3-5,10,17H,6-7H2,1-2H3. The van der Waals surface area contributed by atoms with Crippen LogP contribution in [-0.4, -0.2) is 35.1 Å². The molecule has 1 atom stereocenters. The van der Waals surface area contributed by atoms with Crippen molar-refractivity contribution in [3.63, 3.8) is 0 Å². The van der Waals surface area contributed by atoms with Gasteiger partial charge < -0.3 is 14.4 Å². The van der Waals surface area contributed by atoms with E-state index in [1.807, 2.05) is 6.92 Å². The van der Waals surface area contributed by atoms with E-state index in [1.54, 1.807) is 6.07 Å². The highest BCUT2D eigenvalue weighted by atomic mass is 19.1. The van der Waals surface area contributed by atoms with E-state index in [4.69, 9.17) is 9.26 Å². The lowest BCUT2D eigenvalue weighted by atomic mass is 10.1. The van der Waals surface area contributed by atoms with E-state index >= 15 is 0 Å². The van der Waals surface area contributed by atoms with E-state index in [2.05, 4.69) is 10.1 Å². The van der Waals surface area contributed by atoms with Gasteiger partial charge in [0.2, 0.25) is 11.7 Å². The first-order chi connectivity index (χ1) is 9.10. The summed E-state index contributed by atoms with van der Waals surface area (Å²) in [6, 6.07) is 4.39. The Kier molecular flexibility index (Phi) is 4.24. The maximum absolute atomic E-state index is 13.2. The number of aliphatic hydroxyl groups is 1. The summed E-state index contributed by atoms with van der Waals surface area (Å²) >= 11 is 0. The van der Waals surface area contributed by atoms with Crippen LogP contribution in [-0.2, 0) is 11.2 Å². The third kappa shape index (κ3) is 3.36. The lowest BCUT2D eigenvalue weighted by Gasteiger charge is -2.04. The Morgan fingerprint density at radius 2 is 2.26 bits per heavy atom. The van der Waals surface area contributed by atoms with Gasteiger partial charge in [0.25, 0.3) is 0 Å². The maximum atomic E-state index is 13.2. The van der Waals surface area contributed by atoms with Crippen molar-refractivity contribution in [1.29, 1.82) is 0 Å². The number of nitrogens with zero attached hydrogens (tertiary/aromatic N) is 2. The number of rotatable bonds is 5. The summed E-state index contributed by atoms with van der Waals surface area (Å²) in [5.74, 6) is 0.256. The van der Waals surface area contributed by atoms with Crippen LogP contribution in [0.25, 0.3) is 11.4 Å². The molecule has 0 saturated heterocycles. The van der Waals surface area contributed by atoms with Crippen molar-refractivity contribution in [2.75, 3.05) is 13.7 Å². The quantitative estimate of drug-likeness (QED) is 0.892. The molecule has 0 aliphatic heterocycles. The number of ether oxygens (including phenoxy) is 1. The van der Waals surface area contributed by atoms with Crippen LogP contribution in [0.5, 0.6) is 0 Å². The molecule has 1 unspecified atom stereocenters. The smallest absolute Gasteiger partial charge is 0.229 e. The number of aryl methyl sites for hydroxylation is 1. The molecule has 2 rings (SSSR count). The Bertz CT molecular complexity index is 557. The first kappa shape index (κ1) is 13.6.